The smallest absolute Gasteiger partial charge is 0.368 e. The third-order valence-electron chi connectivity index (χ3n) is 5.65. The summed E-state index contributed by atoms with van der Waals surface area (Å²) in [5.74, 6) is -0.0363. The molecule has 10 heteroatoms. The van der Waals surface area contributed by atoms with Gasteiger partial charge in [-0.25, -0.2) is 9.67 Å². The zero-order chi connectivity index (χ0) is 23.7. The van der Waals surface area contributed by atoms with Gasteiger partial charge in [0.2, 0.25) is 5.82 Å². The first kappa shape index (κ1) is 22.1. The molecule has 174 valence electrons. The lowest BCUT2D eigenvalue weighted by atomic mass is 10.2. The summed E-state index contributed by atoms with van der Waals surface area (Å²) in [6, 6.07) is 18.4. The first-order chi connectivity index (χ1) is 16.4. The Bertz CT molecular complexity index is 1280. The van der Waals surface area contributed by atoms with Crippen LogP contribution in [0.3, 0.4) is 0 Å². The number of nitrogens with zero attached hydrogens (tertiary/aromatic N) is 5. The second kappa shape index (κ2) is 8.94. The van der Waals surface area contributed by atoms with Gasteiger partial charge < -0.3 is 9.80 Å². The lowest BCUT2D eigenvalue weighted by Gasteiger charge is -2.35. The van der Waals surface area contributed by atoms with Crippen LogP contribution in [0.1, 0.15) is 16.2 Å². The number of hydrogen-bond acceptors (Lipinski definition) is 5. The quantitative estimate of drug-likeness (QED) is 0.411. The van der Waals surface area contributed by atoms with Crippen molar-refractivity contribution in [3.05, 3.63) is 83.5 Å². The van der Waals surface area contributed by atoms with Crippen LogP contribution in [0.4, 0.5) is 18.9 Å². The molecular weight excluding hydrogens is 463 g/mol. The molecule has 0 bridgehead atoms. The van der Waals surface area contributed by atoms with Crippen LogP contribution in [0.25, 0.3) is 16.4 Å². The Morgan fingerprint density at radius 2 is 1.62 bits per heavy atom. The lowest BCUT2D eigenvalue weighted by molar-refractivity contribution is -0.137. The zero-order valence-electron chi connectivity index (χ0n) is 17.9. The van der Waals surface area contributed by atoms with E-state index >= 15 is 0 Å². The molecule has 1 aliphatic rings. The summed E-state index contributed by atoms with van der Waals surface area (Å²) in [6.07, 6.45) is -4.49. The van der Waals surface area contributed by atoms with Crippen molar-refractivity contribution in [3.63, 3.8) is 0 Å². The predicted octanol–water partition coefficient (Wildman–Crippen LogP) is 4.98. The Kier molecular flexibility index (Phi) is 5.82. The van der Waals surface area contributed by atoms with E-state index in [1.54, 1.807) is 11.0 Å². The van der Waals surface area contributed by atoms with Gasteiger partial charge in [0.1, 0.15) is 0 Å². The number of anilines is 1. The lowest BCUT2D eigenvalue weighted by Crippen LogP contribution is -2.49. The molecule has 0 aliphatic carbocycles. The average Bonchev–Trinajstić information content (AvgIpc) is 3.54. The summed E-state index contributed by atoms with van der Waals surface area (Å²) < 4.78 is 41.2. The minimum atomic E-state index is -4.49. The number of para-hydroxylation sites is 1. The van der Waals surface area contributed by atoms with Crippen LogP contribution in [0.5, 0.6) is 0 Å². The fraction of sp³-hybridized carbons (Fsp3) is 0.208. The van der Waals surface area contributed by atoms with Gasteiger partial charge in [-0.1, -0.05) is 30.3 Å². The Morgan fingerprint density at radius 3 is 2.29 bits per heavy atom. The summed E-state index contributed by atoms with van der Waals surface area (Å²) in [7, 11) is 0. The number of aromatic nitrogens is 3. The summed E-state index contributed by atoms with van der Waals surface area (Å²) >= 11 is 1.38. The van der Waals surface area contributed by atoms with Crippen molar-refractivity contribution in [2.24, 2.45) is 0 Å². The first-order valence-electron chi connectivity index (χ1n) is 10.7. The Morgan fingerprint density at radius 1 is 0.882 bits per heavy atom. The van der Waals surface area contributed by atoms with Gasteiger partial charge in [-0.2, -0.15) is 13.2 Å². The molecule has 0 spiro atoms. The third-order valence-corrected chi connectivity index (χ3v) is 6.51. The number of amides is 1. The van der Waals surface area contributed by atoms with Gasteiger partial charge in [0.25, 0.3) is 5.91 Å². The van der Waals surface area contributed by atoms with E-state index in [0.717, 1.165) is 17.8 Å². The van der Waals surface area contributed by atoms with E-state index in [4.69, 9.17) is 0 Å². The molecule has 0 atom stereocenters. The first-order valence-corrected chi connectivity index (χ1v) is 11.6. The molecular formula is C24H20F3N5OS. The number of rotatable bonds is 4. The molecule has 1 amide bonds. The maximum Gasteiger partial charge on any atom is 0.416 e. The molecule has 6 nitrogen and oxygen atoms in total. The Hall–Kier alpha value is -3.66. The normalized spacial score (nSPS) is 14.4. The molecule has 1 aliphatic heterocycles. The van der Waals surface area contributed by atoms with Gasteiger partial charge in [-0.05, 0) is 41.8 Å². The highest BCUT2D eigenvalue weighted by molar-refractivity contribution is 7.13. The maximum atomic E-state index is 13.3. The number of benzene rings is 2. The minimum Gasteiger partial charge on any atom is -0.368 e. The number of hydrogen-bond donors (Lipinski definition) is 0. The molecule has 1 saturated heterocycles. The van der Waals surface area contributed by atoms with Crippen molar-refractivity contribution in [1.29, 1.82) is 0 Å². The minimum absolute atomic E-state index is 0.0334. The highest BCUT2D eigenvalue weighted by Crippen LogP contribution is 2.32. The summed E-state index contributed by atoms with van der Waals surface area (Å²) in [6.45, 7) is 2.34. The number of piperazine rings is 1. The maximum absolute atomic E-state index is 13.3. The van der Waals surface area contributed by atoms with Crippen LogP contribution in [0.2, 0.25) is 0 Å². The molecule has 1 fully saturated rings. The van der Waals surface area contributed by atoms with Gasteiger partial charge in [0, 0.05) is 31.9 Å². The van der Waals surface area contributed by atoms with Crippen LogP contribution in [-0.4, -0.2) is 51.8 Å². The van der Waals surface area contributed by atoms with E-state index in [2.05, 4.69) is 15.0 Å². The number of alkyl halides is 3. The number of thiophene rings is 1. The monoisotopic (exact) mass is 483 g/mol. The van der Waals surface area contributed by atoms with E-state index in [1.807, 2.05) is 41.8 Å². The number of halogens is 3. The summed E-state index contributed by atoms with van der Waals surface area (Å²) in [5, 5.41) is 6.19. The van der Waals surface area contributed by atoms with Crippen LogP contribution in [0.15, 0.2) is 72.1 Å². The van der Waals surface area contributed by atoms with Crippen LogP contribution < -0.4 is 4.90 Å². The molecule has 34 heavy (non-hydrogen) atoms. The molecule has 5 rings (SSSR count). The third kappa shape index (κ3) is 4.41. The second-order valence-corrected chi connectivity index (χ2v) is 8.76. The van der Waals surface area contributed by atoms with E-state index < -0.39 is 11.7 Å². The van der Waals surface area contributed by atoms with E-state index in [0.29, 0.717) is 36.9 Å². The van der Waals surface area contributed by atoms with E-state index in [9.17, 15) is 18.0 Å². The van der Waals surface area contributed by atoms with Crippen LogP contribution in [-0.2, 0) is 6.18 Å². The van der Waals surface area contributed by atoms with E-state index in [1.165, 1.54) is 28.2 Å². The summed E-state index contributed by atoms with van der Waals surface area (Å²) in [4.78, 5) is 22.3. The molecule has 3 heterocycles. The zero-order valence-corrected chi connectivity index (χ0v) is 18.8. The molecule has 4 aromatic rings. The van der Waals surface area contributed by atoms with Gasteiger partial charge in [-0.15, -0.1) is 16.4 Å². The average molecular weight is 484 g/mol. The van der Waals surface area contributed by atoms with Gasteiger partial charge in [0.05, 0.1) is 16.1 Å². The molecule has 0 N–H and O–H groups in total. The standard InChI is InChI=1S/C24H20F3N5OS/c25-24(26,27)17-6-4-9-19(16-17)32-22(20-10-5-15-34-20)28-21(29-32)23(33)31-13-11-30(12-14-31)18-7-2-1-3-8-18/h1-10,15-16H,11-14H2. The van der Waals surface area contributed by atoms with Crippen molar-refractivity contribution >= 4 is 22.9 Å². The van der Waals surface area contributed by atoms with Crippen molar-refractivity contribution in [2.45, 2.75) is 6.18 Å². The molecule has 2 aromatic heterocycles. The second-order valence-electron chi connectivity index (χ2n) is 7.81. The highest BCUT2D eigenvalue weighted by Gasteiger charge is 2.31. The summed E-state index contributed by atoms with van der Waals surface area (Å²) in [5.41, 5.74) is 0.503. The molecule has 0 radical (unpaired) electrons. The predicted molar refractivity (Wildman–Crippen MR) is 124 cm³/mol. The largest absolute Gasteiger partial charge is 0.416 e. The Labute approximate surface area is 197 Å². The molecule has 0 saturated carbocycles. The van der Waals surface area contributed by atoms with Gasteiger partial charge in [0.15, 0.2) is 5.82 Å². The number of carbonyl (C=O) groups excluding carboxylic acids is 1. The van der Waals surface area contributed by atoms with E-state index in [-0.39, 0.29) is 17.4 Å². The number of carbonyl (C=O) groups is 1. The van der Waals surface area contributed by atoms with Crippen molar-refractivity contribution in [2.75, 3.05) is 31.1 Å². The molecule has 2 aromatic carbocycles. The fourth-order valence-corrected chi connectivity index (χ4v) is 4.61. The van der Waals surface area contributed by atoms with Crippen LogP contribution >= 0.6 is 11.3 Å². The van der Waals surface area contributed by atoms with Crippen molar-refractivity contribution in [1.82, 2.24) is 19.7 Å². The SMILES string of the molecule is O=C(c1nc(-c2cccs2)n(-c2cccc(C(F)(F)F)c2)n1)N1CCN(c2ccccc2)CC1. The van der Waals surface area contributed by atoms with Gasteiger partial charge >= 0.3 is 6.18 Å². The van der Waals surface area contributed by atoms with Crippen LogP contribution in [0, 0.1) is 0 Å². The Balaban J connectivity index is 1.43. The van der Waals surface area contributed by atoms with Crippen molar-refractivity contribution in [3.8, 4) is 16.4 Å². The van der Waals surface area contributed by atoms with Crippen molar-refractivity contribution < 1.29 is 18.0 Å². The fourth-order valence-electron chi connectivity index (χ4n) is 3.91. The molecule has 0 unspecified atom stereocenters. The van der Waals surface area contributed by atoms with Gasteiger partial charge in [-0.3, -0.25) is 4.79 Å². The highest BCUT2D eigenvalue weighted by atomic mass is 32.1. The topological polar surface area (TPSA) is 54.3 Å².